The normalized spacial score (nSPS) is 15.1. The molecule has 1 N–H and O–H groups in total. The number of nitrogens with one attached hydrogen (secondary N) is 1. The van der Waals surface area contributed by atoms with Gasteiger partial charge in [-0.05, 0) is 68.0 Å². The van der Waals surface area contributed by atoms with Crippen LogP contribution in [0.25, 0.3) is 11.8 Å². The van der Waals surface area contributed by atoms with E-state index in [9.17, 15) is 9.59 Å². The zero-order valence-corrected chi connectivity index (χ0v) is 19.4. The molecule has 2 aromatic heterocycles. The molecule has 9 heteroatoms. The van der Waals surface area contributed by atoms with E-state index in [1.165, 1.54) is 19.1 Å². The second kappa shape index (κ2) is 8.87. The Labute approximate surface area is 196 Å². The highest BCUT2D eigenvalue weighted by Crippen LogP contribution is 2.34. The number of aromatic nitrogens is 2. The Balaban J connectivity index is 1.77. The second-order valence-electron chi connectivity index (χ2n) is 7.37. The van der Waals surface area contributed by atoms with Crippen molar-refractivity contribution in [2.75, 3.05) is 19.1 Å². The quantitative estimate of drug-likeness (QED) is 0.356. The lowest BCUT2D eigenvalue weighted by Gasteiger charge is -2.30. The van der Waals surface area contributed by atoms with Gasteiger partial charge in [0.1, 0.15) is 17.1 Å². The third-order valence-electron chi connectivity index (χ3n) is 5.40. The molecule has 0 bridgehead atoms. The number of thiocarbonyl (C=S) groups is 1. The van der Waals surface area contributed by atoms with Crippen LogP contribution in [0.3, 0.4) is 0 Å². The molecule has 0 radical (unpaired) electrons. The summed E-state index contributed by atoms with van der Waals surface area (Å²) in [5, 5.41) is 2.58. The van der Waals surface area contributed by atoms with E-state index in [1.807, 2.05) is 36.6 Å². The van der Waals surface area contributed by atoms with Gasteiger partial charge in [0.15, 0.2) is 5.11 Å². The minimum atomic E-state index is -0.556. The fourth-order valence-corrected chi connectivity index (χ4v) is 4.09. The lowest BCUT2D eigenvalue weighted by molar-refractivity contribution is -0.122. The Morgan fingerprint density at radius 3 is 2.55 bits per heavy atom. The lowest BCUT2D eigenvalue weighted by atomic mass is 10.1. The molecule has 1 aromatic carbocycles. The number of hydrogen-bond acceptors (Lipinski definition) is 6. The molecule has 1 saturated heterocycles. The van der Waals surface area contributed by atoms with E-state index in [0.29, 0.717) is 17.2 Å². The number of anilines is 1. The zero-order valence-electron chi connectivity index (χ0n) is 18.6. The molecule has 33 heavy (non-hydrogen) atoms. The summed E-state index contributed by atoms with van der Waals surface area (Å²) >= 11 is 5.31. The Morgan fingerprint density at radius 1 is 1.09 bits per heavy atom. The van der Waals surface area contributed by atoms with Crippen LogP contribution in [0, 0.1) is 13.8 Å². The number of ether oxygens (including phenoxy) is 2. The molecule has 4 rings (SSSR count). The largest absolute Gasteiger partial charge is 0.497 e. The molecule has 1 aliphatic rings. The van der Waals surface area contributed by atoms with Gasteiger partial charge < -0.3 is 14.0 Å². The van der Waals surface area contributed by atoms with Crippen LogP contribution in [0.5, 0.6) is 11.5 Å². The highest BCUT2D eigenvalue weighted by molar-refractivity contribution is 7.80. The molecule has 0 saturated carbocycles. The van der Waals surface area contributed by atoms with Gasteiger partial charge in [-0.15, -0.1) is 0 Å². The van der Waals surface area contributed by atoms with Gasteiger partial charge in [0.2, 0.25) is 0 Å². The third kappa shape index (κ3) is 3.98. The van der Waals surface area contributed by atoms with Crippen LogP contribution in [-0.2, 0) is 9.59 Å². The van der Waals surface area contributed by atoms with Gasteiger partial charge >= 0.3 is 0 Å². The lowest BCUT2D eigenvalue weighted by Crippen LogP contribution is -2.54. The van der Waals surface area contributed by atoms with E-state index < -0.39 is 11.8 Å². The van der Waals surface area contributed by atoms with Gasteiger partial charge in [-0.2, -0.15) is 0 Å². The first-order valence-corrected chi connectivity index (χ1v) is 10.5. The SMILES string of the molecule is COc1ccc(N2C(=O)C(=Cc3cc(C)n(-c4cccnc4)c3C)C(=O)NC2=S)c(OC)c1. The monoisotopic (exact) mass is 462 g/mol. The Kier molecular flexibility index (Phi) is 5.97. The van der Waals surface area contributed by atoms with E-state index in [2.05, 4.69) is 10.3 Å². The van der Waals surface area contributed by atoms with E-state index in [-0.39, 0.29) is 10.7 Å². The van der Waals surface area contributed by atoms with Crippen LogP contribution < -0.4 is 19.7 Å². The van der Waals surface area contributed by atoms with Crippen molar-refractivity contribution in [3.05, 3.63) is 71.3 Å². The van der Waals surface area contributed by atoms with Crippen molar-refractivity contribution in [2.45, 2.75) is 13.8 Å². The number of carbonyl (C=O) groups excluding carboxylic acids is 2. The van der Waals surface area contributed by atoms with Crippen LogP contribution in [-0.4, -0.2) is 40.7 Å². The number of rotatable bonds is 5. The molecule has 0 atom stereocenters. The summed E-state index contributed by atoms with van der Waals surface area (Å²) < 4.78 is 12.7. The average Bonchev–Trinajstić information content (AvgIpc) is 3.09. The molecule has 3 heterocycles. The summed E-state index contributed by atoms with van der Waals surface area (Å²) in [6, 6.07) is 10.7. The van der Waals surface area contributed by atoms with Gasteiger partial charge in [-0.1, -0.05) is 0 Å². The van der Waals surface area contributed by atoms with Gasteiger partial charge in [0.25, 0.3) is 11.8 Å². The Morgan fingerprint density at radius 2 is 1.88 bits per heavy atom. The van der Waals surface area contributed by atoms with Crippen molar-refractivity contribution in [2.24, 2.45) is 0 Å². The maximum absolute atomic E-state index is 13.5. The molecule has 2 amide bonds. The number of methoxy groups -OCH3 is 2. The molecule has 0 aliphatic carbocycles. The predicted octanol–water partition coefficient (Wildman–Crippen LogP) is 3.34. The molecule has 1 aliphatic heterocycles. The van der Waals surface area contributed by atoms with Gasteiger partial charge in [0, 0.05) is 23.7 Å². The Hall–Kier alpha value is -3.98. The summed E-state index contributed by atoms with van der Waals surface area (Å²) in [4.78, 5) is 31.6. The molecular weight excluding hydrogens is 440 g/mol. The minimum absolute atomic E-state index is 0.0218. The standard InChI is InChI=1S/C24H22N4O4S/c1-14-10-16(15(2)27(14)17-6-5-9-25-13-17)11-19-22(29)26-24(33)28(23(19)30)20-8-7-18(31-3)12-21(20)32-4/h5-13H,1-4H3,(H,26,29,33). The highest BCUT2D eigenvalue weighted by Gasteiger charge is 2.36. The van der Waals surface area contributed by atoms with Gasteiger partial charge in [-0.3, -0.25) is 19.9 Å². The number of amides is 2. The van der Waals surface area contributed by atoms with Gasteiger partial charge in [-0.25, -0.2) is 4.90 Å². The minimum Gasteiger partial charge on any atom is -0.497 e. The molecule has 168 valence electrons. The first-order valence-electron chi connectivity index (χ1n) is 10.1. The van der Waals surface area contributed by atoms with E-state index in [4.69, 9.17) is 21.7 Å². The zero-order chi connectivity index (χ0) is 23.7. The van der Waals surface area contributed by atoms with Crippen LogP contribution in [0.4, 0.5) is 5.69 Å². The molecule has 0 spiro atoms. The van der Waals surface area contributed by atoms with Gasteiger partial charge in [0.05, 0.1) is 31.8 Å². The van der Waals surface area contributed by atoms with Crippen LogP contribution >= 0.6 is 12.2 Å². The molecule has 1 fully saturated rings. The van der Waals surface area contributed by atoms with E-state index >= 15 is 0 Å². The predicted molar refractivity (Wildman–Crippen MR) is 129 cm³/mol. The number of carbonyl (C=O) groups is 2. The molecule has 3 aromatic rings. The van der Waals surface area contributed by atoms with Crippen molar-refractivity contribution in [3.63, 3.8) is 0 Å². The van der Waals surface area contributed by atoms with Crippen molar-refractivity contribution < 1.29 is 19.1 Å². The van der Waals surface area contributed by atoms with Crippen molar-refractivity contribution >= 4 is 40.9 Å². The maximum Gasteiger partial charge on any atom is 0.270 e. The summed E-state index contributed by atoms with van der Waals surface area (Å²) in [5.41, 5.74) is 3.81. The number of hydrogen-bond donors (Lipinski definition) is 1. The number of pyridine rings is 1. The number of aryl methyl sites for hydroxylation is 1. The smallest absolute Gasteiger partial charge is 0.270 e. The summed E-state index contributed by atoms with van der Waals surface area (Å²) in [7, 11) is 3.02. The molecular formula is C24H22N4O4S. The van der Waals surface area contributed by atoms with Crippen molar-refractivity contribution in [1.29, 1.82) is 0 Å². The van der Waals surface area contributed by atoms with Crippen molar-refractivity contribution in [1.82, 2.24) is 14.9 Å². The van der Waals surface area contributed by atoms with E-state index in [0.717, 1.165) is 22.6 Å². The third-order valence-corrected chi connectivity index (χ3v) is 5.69. The maximum atomic E-state index is 13.5. The molecule has 0 unspecified atom stereocenters. The number of nitrogens with zero attached hydrogens (tertiary/aromatic N) is 3. The fraction of sp³-hybridized carbons (Fsp3) is 0.167. The second-order valence-corrected chi connectivity index (χ2v) is 7.76. The van der Waals surface area contributed by atoms with Crippen LogP contribution in [0.15, 0.2) is 54.4 Å². The average molecular weight is 463 g/mol. The first-order chi connectivity index (χ1) is 15.8. The molecule has 8 nitrogen and oxygen atoms in total. The Bertz CT molecular complexity index is 1300. The summed E-state index contributed by atoms with van der Waals surface area (Å²) in [5.74, 6) is -0.151. The summed E-state index contributed by atoms with van der Waals surface area (Å²) in [6.07, 6.45) is 5.04. The topological polar surface area (TPSA) is 85.7 Å². The van der Waals surface area contributed by atoms with Crippen LogP contribution in [0.1, 0.15) is 17.0 Å². The van der Waals surface area contributed by atoms with E-state index in [1.54, 1.807) is 36.7 Å². The van der Waals surface area contributed by atoms with Crippen LogP contribution in [0.2, 0.25) is 0 Å². The summed E-state index contributed by atoms with van der Waals surface area (Å²) in [6.45, 7) is 3.88. The highest BCUT2D eigenvalue weighted by atomic mass is 32.1. The fourth-order valence-electron chi connectivity index (χ4n) is 3.82. The first kappa shape index (κ1) is 22.2. The van der Waals surface area contributed by atoms with Crippen molar-refractivity contribution in [3.8, 4) is 17.2 Å². The number of benzene rings is 1.